The minimum atomic E-state index is -0.0745. The first kappa shape index (κ1) is 16.2. The Morgan fingerprint density at radius 1 is 1.09 bits per heavy atom. The van der Waals surface area contributed by atoms with E-state index in [0.717, 1.165) is 5.56 Å². The van der Waals surface area contributed by atoms with Gasteiger partial charge in [0.05, 0.1) is 14.2 Å². The van der Waals surface area contributed by atoms with Crippen LogP contribution in [0.5, 0.6) is 11.5 Å². The van der Waals surface area contributed by atoms with Gasteiger partial charge in [0.2, 0.25) is 0 Å². The first-order valence-corrected chi connectivity index (χ1v) is 7.15. The van der Waals surface area contributed by atoms with Crippen LogP contribution in [0, 0.1) is 0 Å². The number of nitrogens with zero attached hydrogens (tertiary/aromatic N) is 1. The monoisotopic (exact) mass is 319 g/mol. The lowest BCUT2D eigenvalue weighted by molar-refractivity contribution is 0.0784. The molecule has 0 aliphatic carbocycles. The Bertz CT molecular complexity index is 655. The molecule has 1 amide bonds. The summed E-state index contributed by atoms with van der Waals surface area (Å²) in [5.41, 5.74) is 1.51. The van der Waals surface area contributed by atoms with Crippen molar-refractivity contribution < 1.29 is 14.3 Å². The summed E-state index contributed by atoms with van der Waals surface area (Å²) in [5.74, 6) is 1.33. The van der Waals surface area contributed by atoms with E-state index in [9.17, 15) is 4.79 Å². The van der Waals surface area contributed by atoms with Gasteiger partial charge in [0.25, 0.3) is 5.91 Å². The fourth-order valence-electron chi connectivity index (χ4n) is 2.12. The third-order valence-electron chi connectivity index (χ3n) is 3.34. The number of benzene rings is 2. The van der Waals surface area contributed by atoms with Crippen LogP contribution in [0.4, 0.5) is 0 Å². The van der Waals surface area contributed by atoms with Gasteiger partial charge < -0.3 is 14.4 Å². The lowest BCUT2D eigenvalue weighted by atomic mass is 10.1. The van der Waals surface area contributed by atoms with Crippen LogP contribution >= 0.6 is 11.6 Å². The van der Waals surface area contributed by atoms with Crippen molar-refractivity contribution in [2.24, 2.45) is 0 Å². The van der Waals surface area contributed by atoms with Gasteiger partial charge in [-0.15, -0.1) is 0 Å². The maximum absolute atomic E-state index is 12.4. The third-order valence-corrected chi connectivity index (χ3v) is 3.59. The van der Waals surface area contributed by atoms with Crippen LogP contribution in [0.15, 0.2) is 42.5 Å². The molecule has 0 N–H and O–H groups in total. The Balaban J connectivity index is 2.16. The van der Waals surface area contributed by atoms with Crippen LogP contribution in [0.3, 0.4) is 0 Å². The number of rotatable bonds is 5. The molecule has 0 spiro atoms. The maximum Gasteiger partial charge on any atom is 0.253 e. The number of halogens is 1. The lowest BCUT2D eigenvalue weighted by Gasteiger charge is -2.19. The van der Waals surface area contributed by atoms with Gasteiger partial charge in [-0.25, -0.2) is 0 Å². The minimum Gasteiger partial charge on any atom is -0.497 e. The summed E-state index contributed by atoms with van der Waals surface area (Å²) in [6.45, 7) is 0.439. The molecule has 2 aromatic carbocycles. The van der Waals surface area contributed by atoms with Crippen LogP contribution in [-0.2, 0) is 6.54 Å². The Hall–Kier alpha value is -2.20. The van der Waals surface area contributed by atoms with Gasteiger partial charge in [-0.3, -0.25) is 4.79 Å². The van der Waals surface area contributed by atoms with Crippen LogP contribution in [0.25, 0.3) is 0 Å². The van der Waals surface area contributed by atoms with E-state index in [1.807, 2.05) is 12.1 Å². The molecule has 0 heterocycles. The number of carbonyl (C=O) groups excluding carboxylic acids is 1. The highest BCUT2D eigenvalue weighted by atomic mass is 35.5. The van der Waals surface area contributed by atoms with E-state index in [-0.39, 0.29) is 5.91 Å². The van der Waals surface area contributed by atoms with Crippen molar-refractivity contribution >= 4 is 17.5 Å². The second-order valence-electron chi connectivity index (χ2n) is 4.85. The third kappa shape index (κ3) is 3.71. The zero-order valence-corrected chi connectivity index (χ0v) is 13.6. The molecule has 0 aliphatic heterocycles. The van der Waals surface area contributed by atoms with E-state index >= 15 is 0 Å². The van der Waals surface area contributed by atoms with Crippen molar-refractivity contribution in [3.8, 4) is 11.5 Å². The molecular formula is C17H18ClNO3. The van der Waals surface area contributed by atoms with Crippen LogP contribution in [-0.4, -0.2) is 32.1 Å². The molecule has 0 aromatic heterocycles. The van der Waals surface area contributed by atoms with Crippen LogP contribution in [0.1, 0.15) is 15.9 Å². The summed E-state index contributed by atoms with van der Waals surface area (Å²) in [7, 11) is 4.95. The van der Waals surface area contributed by atoms with Gasteiger partial charge in [-0.1, -0.05) is 11.6 Å². The van der Waals surface area contributed by atoms with Gasteiger partial charge in [-0.05, 0) is 36.4 Å². The molecular weight excluding hydrogens is 302 g/mol. The quantitative estimate of drug-likeness (QED) is 0.844. The molecule has 0 fully saturated rings. The molecule has 0 aliphatic rings. The van der Waals surface area contributed by atoms with Crippen molar-refractivity contribution in [3.63, 3.8) is 0 Å². The first-order valence-electron chi connectivity index (χ1n) is 6.77. The molecule has 0 radical (unpaired) electrons. The first-order chi connectivity index (χ1) is 10.5. The van der Waals surface area contributed by atoms with E-state index in [1.165, 1.54) is 0 Å². The summed E-state index contributed by atoms with van der Waals surface area (Å²) in [4.78, 5) is 14.0. The zero-order valence-electron chi connectivity index (χ0n) is 12.8. The van der Waals surface area contributed by atoms with Crippen molar-refractivity contribution in [2.75, 3.05) is 21.3 Å². The molecule has 22 heavy (non-hydrogen) atoms. The number of hydrogen-bond donors (Lipinski definition) is 0. The number of methoxy groups -OCH3 is 2. The summed E-state index contributed by atoms with van der Waals surface area (Å²) in [6.07, 6.45) is 0. The van der Waals surface area contributed by atoms with Gasteiger partial charge in [0.15, 0.2) is 0 Å². The fourth-order valence-corrected chi connectivity index (χ4v) is 2.25. The normalized spacial score (nSPS) is 10.2. The van der Waals surface area contributed by atoms with Crippen molar-refractivity contribution in [2.45, 2.75) is 6.54 Å². The van der Waals surface area contributed by atoms with Crippen molar-refractivity contribution in [1.29, 1.82) is 0 Å². The maximum atomic E-state index is 12.4. The number of amides is 1. The van der Waals surface area contributed by atoms with Gasteiger partial charge in [-0.2, -0.15) is 0 Å². The molecule has 2 rings (SSSR count). The SMILES string of the molecule is COc1ccc(CN(C)C(=O)c2ccc(Cl)cc2)c(OC)c1. The molecule has 0 saturated carbocycles. The molecule has 0 atom stereocenters. The molecule has 4 nitrogen and oxygen atoms in total. The topological polar surface area (TPSA) is 38.8 Å². The molecule has 0 bridgehead atoms. The highest BCUT2D eigenvalue weighted by molar-refractivity contribution is 6.30. The van der Waals surface area contributed by atoms with E-state index in [2.05, 4.69) is 0 Å². The highest BCUT2D eigenvalue weighted by Crippen LogP contribution is 2.25. The number of carbonyl (C=O) groups is 1. The summed E-state index contributed by atoms with van der Waals surface area (Å²) >= 11 is 5.84. The summed E-state index contributed by atoms with van der Waals surface area (Å²) in [5, 5.41) is 0.607. The standard InChI is InChI=1S/C17H18ClNO3/c1-19(17(20)12-4-7-14(18)8-5-12)11-13-6-9-15(21-2)10-16(13)22-3/h4-10H,11H2,1-3H3. The Labute approximate surface area is 135 Å². The van der Waals surface area contributed by atoms with Crippen molar-refractivity contribution in [3.05, 3.63) is 58.6 Å². The number of hydrogen-bond acceptors (Lipinski definition) is 3. The fraction of sp³-hybridized carbons (Fsp3) is 0.235. The van der Waals surface area contributed by atoms with Crippen LogP contribution < -0.4 is 9.47 Å². The average Bonchev–Trinajstić information content (AvgIpc) is 2.55. The van der Waals surface area contributed by atoms with Gasteiger partial charge >= 0.3 is 0 Å². The predicted molar refractivity (Wildman–Crippen MR) is 86.8 cm³/mol. The smallest absolute Gasteiger partial charge is 0.253 e. The summed E-state index contributed by atoms with van der Waals surface area (Å²) < 4.78 is 10.5. The van der Waals surface area contributed by atoms with Crippen LogP contribution in [0.2, 0.25) is 5.02 Å². The highest BCUT2D eigenvalue weighted by Gasteiger charge is 2.14. The molecule has 0 saturated heterocycles. The predicted octanol–water partition coefficient (Wildman–Crippen LogP) is 3.63. The molecule has 116 valence electrons. The zero-order chi connectivity index (χ0) is 16.1. The molecule has 5 heteroatoms. The van der Waals surface area contributed by atoms with E-state index < -0.39 is 0 Å². The van der Waals surface area contributed by atoms with E-state index in [1.54, 1.807) is 56.5 Å². The van der Waals surface area contributed by atoms with Gasteiger partial charge in [0.1, 0.15) is 11.5 Å². The Kier molecular flexibility index (Phi) is 5.28. The van der Waals surface area contributed by atoms with E-state index in [0.29, 0.717) is 28.6 Å². The lowest BCUT2D eigenvalue weighted by Crippen LogP contribution is -2.26. The number of ether oxygens (including phenoxy) is 2. The largest absolute Gasteiger partial charge is 0.497 e. The second-order valence-corrected chi connectivity index (χ2v) is 5.28. The van der Waals surface area contributed by atoms with E-state index in [4.69, 9.17) is 21.1 Å². The van der Waals surface area contributed by atoms with Gasteiger partial charge in [0, 0.05) is 35.8 Å². The summed E-state index contributed by atoms with van der Waals surface area (Å²) in [6, 6.07) is 12.4. The second kappa shape index (κ2) is 7.18. The molecule has 0 unspecified atom stereocenters. The van der Waals surface area contributed by atoms with Crippen molar-refractivity contribution in [1.82, 2.24) is 4.90 Å². The average molecular weight is 320 g/mol. The Morgan fingerprint density at radius 3 is 2.36 bits per heavy atom. The Morgan fingerprint density at radius 2 is 1.77 bits per heavy atom. The minimum absolute atomic E-state index is 0.0745. The molecule has 2 aromatic rings.